The van der Waals surface area contributed by atoms with Crippen LogP contribution in [0.1, 0.15) is 44.9 Å². The first kappa shape index (κ1) is 25.1. The molecule has 8 nitrogen and oxygen atoms in total. The molecule has 0 saturated carbocycles. The van der Waals surface area contributed by atoms with E-state index in [1.54, 1.807) is 38.1 Å². The second kappa shape index (κ2) is 10.7. The zero-order valence-corrected chi connectivity index (χ0v) is 21.3. The Hall–Kier alpha value is -3.98. The number of hydrogen-bond acceptors (Lipinski definition) is 8. The van der Waals surface area contributed by atoms with E-state index in [4.69, 9.17) is 14.2 Å². The maximum atomic E-state index is 13.7. The van der Waals surface area contributed by atoms with Gasteiger partial charge in [-0.2, -0.15) is 0 Å². The highest BCUT2D eigenvalue weighted by molar-refractivity contribution is 7.07. The summed E-state index contributed by atoms with van der Waals surface area (Å²) >= 11 is 1.25. The lowest BCUT2D eigenvalue weighted by Crippen LogP contribution is -2.40. The van der Waals surface area contributed by atoms with Gasteiger partial charge in [0.05, 0.1) is 35.1 Å². The number of nitrogens with zero attached hydrogens (tertiary/aromatic N) is 2. The molecule has 1 aliphatic rings. The summed E-state index contributed by atoms with van der Waals surface area (Å²) < 4.78 is 18.3. The van der Waals surface area contributed by atoms with E-state index < -0.39 is 18.0 Å². The van der Waals surface area contributed by atoms with Crippen molar-refractivity contribution in [3.63, 3.8) is 0 Å². The molecule has 0 unspecified atom stereocenters. The fourth-order valence-corrected chi connectivity index (χ4v) is 5.06. The van der Waals surface area contributed by atoms with Gasteiger partial charge in [-0.15, -0.1) is 0 Å². The molecule has 3 aromatic rings. The van der Waals surface area contributed by atoms with Gasteiger partial charge in [-0.05, 0) is 50.1 Å². The van der Waals surface area contributed by atoms with Crippen molar-refractivity contribution in [2.45, 2.75) is 33.7 Å². The van der Waals surface area contributed by atoms with E-state index >= 15 is 0 Å². The summed E-state index contributed by atoms with van der Waals surface area (Å²) in [5.41, 5.74) is 1.93. The Balaban J connectivity index is 1.95. The molecule has 0 spiro atoms. The highest BCUT2D eigenvalue weighted by Crippen LogP contribution is 2.36. The minimum atomic E-state index is -0.802. The lowest BCUT2D eigenvalue weighted by Gasteiger charge is -2.25. The smallest absolute Gasteiger partial charge is 0.338 e. The van der Waals surface area contributed by atoms with Crippen molar-refractivity contribution in [1.82, 2.24) is 4.57 Å². The number of allylic oxidation sites excluding steroid dienone is 1. The van der Waals surface area contributed by atoms with E-state index in [1.165, 1.54) is 22.8 Å². The van der Waals surface area contributed by atoms with Crippen LogP contribution in [0.3, 0.4) is 0 Å². The maximum Gasteiger partial charge on any atom is 0.338 e. The number of rotatable bonds is 7. The average Bonchev–Trinajstić information content (AvgIpc) is 3.14. The second-order valence-corrected chi connectivity index (χ2v) is 8.95. The molecule has 1 aromatic heterocycles. The fraction of sp³-hybridized carbons (Fsp3) is 0.259. The minimum Gasteiger partial charge on any atom is -0.490 e. The van der Waals surface area contributed by atoms with Crippen LogP contribution in [0, 0.1) is 0 Å². The van der Waals surface area contributed by atoms with Crippen molar-refractivity contribution in [1.29, 1.82) is 0 Å². The molecule has 0 saturated heterocycles. The largest absolute Gasteiger partial charge is 0.490 e. The number of hydrogen-bond donors (Lipinski definition) is 0. The summed E-state index contributed by atoms with van der Waals surface area (Å²) in [4.78, 5) is 43.4. The van der Waals surface area contributed by atoms with Crippen molar-refractivity contribution in [2.24, 2.45) is 4.99 Å². The average molecular weight is 507 g/mol. The molecule has 0 aliphatic carbocycles. The van der Waals surface area contributed by atoms with Crippen LogP contribution in [-0.4, -0.2) is 29.7 Å². The second-order valence-electron chi connectivity index (χ2n) is 7.95. The van der Waals surface area contributed by atoms with Crippen LogP contribution in [0.2, 0.25) is 0 Å². The van der Waals surface area contributed by atoms with Crippen molar-refractivity contribution in [2.75, 3.05) is 13.2 Å². The number of carbonyl (C=O) groups excluding carboxylic acids is 2. The molecule has 2 heterocycles. The Bertz CT molecular complexity index is 1520. The molecule has 1 aliphatic heterocycles. The number of ether oxygens (including phenoxy) is 3. The topological polar surface area (TPSA) is 96.2 Å². The van der Waals surface area contributed by atoms with Crippen LogP contribution in [0.5, 0.6) is 11.5 Å². The molecule has 0 N–H and O–H groups in total. The molecule has 0 fully saturated rings. The summed E-state index contributed by atoms with van der Waals surface area (Å²) in [6.07, 6.45) is 1.81. The standard InChI is InChI=1S/C27H26N2O6S/c1-5-33-21-15-19(12-13-20(21)35-17(4)30)24-23(26(32)34-6-2)16(3)28-27-29(24)25(31)22(36-27)14-18-10-8-7-9-11-18/h7-15,24H,5-6H2,1-4H3/b22-14+/t24-/m0/s1. The minimum absolute atomic E-state index is 0.177. The molecule has 4 rings (SSSR count). The van der Waals surface area contributed by atoms with Crippen LogP contribution in [0.4, 0.5) is 0 Å². The third kappa shape index (κ3) is 5.01. The summed E-state index contributed by atoms with van der Waals surface area (Å²) in [5, 5.41) is 0. The first-order chi connectivity index (χ1) is 17.3. The molecule has 1 atom stereocenters. The third-order valence-electron chi connectivity index (χ3n) is 5.45. The molecule has 0 radical (unpaired) electrons. The van der Waals surface area contributed by atoms with Crippen LogP contribution in [0.15, 0.2) is 69.6 Å². The van der Waals surface area contributed by atoms with Crippen molar-refractivity contribution in [3.8, 4) is 11.5 Å². The number of benzene rings is 2. The predicted octanol–water partition coefficient (Wildman–Crippen LogP) is 3.12. The van der Waals surface area contributed by atoms with Gasteiger partial charge in [-0.25, -0.2) is 9.79 Å². The van der Waals surface area contributed by atoms with Gasteiger partial charge in [-0.1, -0.05) is 47.7 Å². The maximum absolute atomic E-state index is 13.7. The first-order valence-corrected chi connectivity index (χ1v) is 12.4. The number of carbonyl (C=O) groups is 2. The van der Waals surface area contributed by atoms with Crippen molar-refractivity contribution in [3.05, 3.63) is 90.6 Å². The van der Waals surface area contributed by atoms with Gasteiger partial charge >= 0.3 is 11.9 Å². The predicted molar refractivity (Wildman–Crippen MR) is 136 cm³/mol. The van der Waals surface area contributed by atoms with Gasteiger partial charge in [-0.3, -0.25) is 14.2 Å². The van der Waals surface area contributed by atoms with Gasteiger partial charge in [0.2, 0.25) is 0 Å². The summed E-state index contributed by atoms with van der Waals surface area (Å²) in [5.74, 6) is -0.457. The molecule has 9 heteroatoms. The summed E-state index contributed by atoms with van der Waals surface area (Å²) in [6, 6.07) is 13.7. The van der Waals surface area contributed by atoms with Crippen LogP contribution in [-0.2, 0) is 14.3 Å². The number of esters is 2. The number of aromatic nitrogens is 1. The summed E-state index contributed by atoms with van der Waals surface area (Å²) in [7, 11) is 0. The normalized spacial score (nSPS) is 15.2. The first-order valence-electron chi connectivity index (χ1n) is 11.5. The van der Waals surface area contributed by atoms with Crippen molar-refractivity contribution < 1.29 is 23.8 Å². The highest BCUT2D eigenvalue weighted by atomic mass is 32.1. The number of thiazole rings is 1. The Morgan fingerprint density at radius 2 is 1.83 bits per heavy atom. The van der Waals surface area contributed by atoms with E-state index in [-0.39, 0.29) is 23.5 Å². The molecule has 0 bridgehead atoms. The van der Waals surface area contributed by atoms with E-state index in [0.29, 0.717) is 33.0 Å². The summed E-state index contributed by atoms with van der Waals surface area (Å²) in [6.45, 7) is 7.07. The fourth-order valence-electron chi connectivity index (χ4n) is 4.01. The van der Waals surface area contributed by atoms with Gasteiger partial charge in [0, 0.05) is 6.92 Å². The van der Waals surface area contributed by atoms with Crippen molar-refractivity contribution >= 4 is 29.4 Å². The molecule has 36 heavy (non-hydrogen) atoms. The Morgan fingerprint density at radius 3 is 2.50 bits per heavy atom. The van der Waals surface area contributed by atoms with E-state index in [0.717, 1.165) is 5.56 Å². The van der Waals surface area contributed by atoms with Gasteiger partial charge in [0.25, 0.3) is 5.56 Å². The van der Waals surface area contributed by atoms with E-state index in [9.17, 15) is 14.4 Å². The van der Waals surface area contributed by atoms with Gasteiger partial charge in [0.1, 0.15) is 0 Å². The molecular formula is C27H26N2O6S. The van der Waals surface area contributed by atoms with Gasteiger partial charge < -0.3 is 14.2 Å². The Morgan fingerprint density at radius 1 is 1.08 bits per heavy atom. The quantitative estimate of drug-likeness (QED) is 0.361. The Labute approximate surface area is 211 Å². The lowest BCUT2D eigenvalue weighted by atomic mass is 9.95. The highest BCUT2D eigenvalue weighted by Gasteiger charge is 2.34. The van der Waals surface area contributed by atoms with E-state index in [2.05, 4.69) is 4.99 Å². The monoisotopic (exact) mass is 506 g/mol. The zero-order valence-electron chi connectivity index (χ0n) is 20.4. The molecule has 0 amide bonds. The molecular weight excluding hydrogens is 480 g/mol. The van der Waals surface area contributed by atoms with Crippen LogP contribution >= 0.6 is 11.3 Å². The van der Waals surface area contributed by atoms with Crippen LogP contribution < -0.4 is 24.4 Å². The van der Waals surface area contributed by atoms with Gasteiger partial charge in [0.15, 0.2) is 16.3 Å². The molecule has 186 valence electrons. The zero-order chi connectivity index (χ0) is 25.8. The SMILES string of the molecule is CCOC(=O)C1=C(C)N=c2s/c(=C/c3ccccc3)c(=O)n2[C@H]1c1ccc(OC(C)=O)c(OCC)c1. The lowest BCUT2D eigenvalue weighted by molar-refractivity contribution is -0.139. The molecule has 2 aromatic carbocycles. The third-order valence-corrected chi connectivity index (χ3v) is 6.43. The van der Waals surface area contributed by atoms with E-state index in [1.807, 2.05) is 37.3 Å². The van der Waals surface area contributed by atoms with Crippen LogP contribution in [0.25, 0.3) is 6.08 Å². The number of fused-ring (bicyclic) bond motifs is 1. The Kier molecular flexibility index (Phi) is 7.49.